The van der Waals surface area contributed by atoms with Crippen LogP contribution < -0.4 is 5.56 Å². The molecule has 0 bridgehead atoms. The summed E-state index contributed by atoms with van der Waals surface area (Å²) >= 11 is 1.67. The zero-order valence-corrected chi connectivity index (χ0v) is 15.8. The predicted octanol–water partition coefficient (Wildman–Crippen LogP) is 2.08. The molecule has 0 saturated carbocycles. The number of aliphatic hydroxyl groups is 1. The number of ether oxygens (including phenoxy) is 1. The van der Waals surface area contributed by atoms with Gasteiger partial charge >= 0.3 is 0 Å². The quantitative estimate of drug-likeness (QED) is 0.749. The molecular weight excluding hydrogens is 338 g/mol. The maximum atomic E-state index is 12.6. The summed E-state index contributed by atoms with van der Waals surface area (Å²) in [6.07, 6.45) is 3.87. The van der Waals surface area contributed by atoms with Crippen LogP contribution in [0.2, 0.25) is 0 Å². The number of aliphatic hydroxyl groups excluding tert-OH is 1. The summed E-state index contributed by atoms with van der Waals surface area (Å²) in [7, 11) is 0. The summed E-state index contributed by atoms with van der Waals surface area (Å²) in [5, 5.41) is 10.8. The SMILES string of the molecule is CCOC[C@@H](O)CN(CC)Cc1nc2sc3c(c2c(=O)[nH]1)CCCC3. The van der Waals surface area contributed by atoms with Gasteiger partial charge in [-0.2, -0.15) is 0 Å². The van der Waals surface area contributed by atoms with Crippen molar-refractivity contribution in [3.8, 4) is 0 Å². The lowest BCUT2D eigenvalue weighted by Crippen LogP contribution is -2.35. The molecule has 0 aliphatic heterocycles. The number of hydrogen-bond donors (Lipinski definition) is 2. The number of likely N-dealkylation sites (N-methyl/N-ethyl adjacent to an activating group) is 1. The van der Waals surface area contributed by atoms with Crippen LogP contribution in [0.25, 0.3) is 10.2 Å². The summed E-state index contributed by atoms with van der Waals surface area (Å²) in [6, 6.07) is 0. The Kier molecular flexibility index (Phi) is 6.22. The zero-order chi connectivity index (χ0) is 17.8. The topological polar surface area (TPSA) is 78.5 Å². The molecule has 0 amide bonds. The minimum absolute atomic E-state index is 0.0229. The highest BCUT2D eigenvalue weighted by molar-refractivity contribution is 7.18. The van der Waals surface area contributed by atoms with Crippen molar-refractivity contribution < 1.29 is 9.84 Å². The van der Waals surface area contributed by atoms with E-state index in [1.165, 1.54) is 16.9 Å². The maximum absolute atomic E-state index is 12.6. The highest BCUT2D eigenvalue weighted by Crippen LogP contribution is 2.33. The molecule has 2 aromatic rings. The number of H-pyrrole nitrogens is 1. The molecule has 2 heterocycles. The Bertz CT molecular complexity index is 771. The molecule has 3 rings (SSSR count). The van der Waals surface area contributed by atoms with E-state index < -0.39 is 6.10 Å². The van der Waals surface area contributed by atoms with Crippen LogP contribution in [0, 0.1) is 0 Å². The van der Waals surface area contributed by atoms with E-state index in [0.29, 0.717) is 32.1 Å². The first-order valence-electron chi connectivity index (χ1n) is 9.14. The Morgan fingerprint density at radius 1 is 1.36 bits per heavy atom. The fraction of sp³-hybridized carbons (Fsp3) is 0.667. The second-order valence-corrected chi connectivity index (χ2v) is 7.63. The molecule has 1 aliphatic carbocycles. The largest absolute Gasteiger partial charge is 0.389 e. The van der Waals surface area contributed by atoms with Gasteiger partial charge in [0.05, 0.1) is 24.6 Å². The normalized spacial score (nSPS) is 15.7. The van der Waals surface area contributed by atoms with Gasteiger partial charge < -0.3 is 14.8 Å². The third-order valence-electron chi connectivity index (χ3n) is 4.68. The highest BCUT2D eigenvalue weighted by atomic mass is 32.1. The van der Waals surface area contributed by atoms with Crippen LogP contribution in [-0.4, -0.2) is 52.4 Å². The standard InChI is InChI=1S/C18H27N3O3S/c1-3-21(9-12(22)11-24-4-2)10-15-19-17(23)16-13-7-5-6-8-14(13)25-18(16)20-15/h12,22H,3-11H2,1-2H3,(H,19,20,23)/t12-/m0/s1. The fourth-order valence-electron chi connectivity index (χ4n) is 3.41. The number of aryl methyl sites for hydroxylation is 2. The third kappa shape index (κ3) is 4.28. The van der Waals surface area contributed by atoms with E-state index in [9.17, 15) is 9.90 Å². The second-order valence-electron chi connectivity index (χ2n) is 6.54. The van der Waals surface area contributed by atoms with Gasteiger partial charge in [-0.3, -0.25) is 9.69 Å². The molecule has 138 valence electrons. The van der Waals surface area contributed by atoms with E-state index in [1.54, 1.807) is 11.3 Å². The van der Waals surface area contributed by atoms with Crippen molar-refractivity contribution in [1.82, 2.24) is 14.9 Å². The van der Waals surface area contributed by atoms with E-state index >= 15 is 0 Å². The van der Waals surface area contributed by atoms with Crippen LogP contribution in [0.3, 0.4) is 0 Å². The average molecular weight is 365 g/mol. The maximum Gasteiger partial charge on any atom is 0.259 e. The van der Waals surface area contributed by atoms with Gasteiger partial charge in [0.15, 0.2) is 0 Å². The van der Waals surface area contributed by atoms with Gasteiger partial charge in [0.25, 0.3) is 5.56 Å². The van der Waals surface area contributed by atoms with Crippen molar-refractivity contribution in [3.63, 3.8) is 0 Å². The van der Waals surface area contributed by atoms with E-state index in [1.807, 2.05) is 13.8 Å². The first-order valence-corrected chi connectivity index (χ1v) is 9.95. The average Bonchev–Trinajstić information content (AvgIpc) is 2.98. The Hall–Kier alpha value is -1.28. The van der Waals surface area contributed by atoms with Crippen LogP contribution >= 0.6 is 11.3 Å². The summed E-state index contributed by atoms with van der Waals surface area (Å²) in [4.78, 5) is 24.5. The van der Waals surface area contributed by atoms with Gasteiger partial charge in [0.2, 0.25) is 0 Å². The van der Waals surface area contributed by atoms with E-state index in [2.05, 4.69) is 9.88 Å². The Morgan fingerprint density at radius 3 is 2.92 bits per heavy atom. The van der Waals surface area contributed by atoms with E-state index in [0.717, 1.165) is 36.0 Å². The number of fused-ring (bicyclic) bond motifs is 3. The van der Waals surface area contributed by atoms with Crippen molar-refractivity contribution >= 4 is 21.6 Å². The third-order valence-corrected chi connectivity index (χ3v) is 5.86. The molecule has 1 aliphatic rings. The van der Waals surface area contributed by atoms with Gasteiger partial charge in [-0.25, -0.2) is 4.98 Å². The molecule has 0 spiro atoms. The summed E-state index contributed by atoms with van der Waals surface area (Å²) in [5.41, 5.74) is 1.19. The predicted molar refractivity (Wildman–Crippen MR) is 100 cm³/mol. The van der Waals surface area contributed by atoms with E-state index in [-0.39, 0.29) is 5.56 Å². The van der Waals surface area contributed by atoms with Crippen LogP contribution in [0.4, 0.5) is 0 Å². The molecule has 1 atom stereocenters. The lowest BCUT2D eigenvalue weighted by molar-refractivity contribution is 0.0202. The first kappa shape index (κ1) is 18.5. The Labute approximate surface area is 151 Å². The number of hydrogen-bond acceptors (Lipinski definition) is 6. The van der Waals surface area contributed by atoms with Crippen LogP contribution in [0.1, 0.15) is 43.0 Å². The van der Waals surface area contributed by atoms with Crippen LogP contribution in [-0.2, 0) is 24.1 Å². The number of nitrogens with one attached hydrogen (secondary N) is 1. The lowest BCUT2D eigenvalue weighted by Gasteiger charge is -2.22. The molecule has 25 heavy (non-hydrogen) atoms. The van der Waals surface area contributed by atoms with Crippen LogP contribution in [0.15, 0.2) is 4.79 Å². The van der Waals surface area contributed by atoms with Gasteiger partial charge in [-0.1, -0.05) is 6.92 Å². The molecule has 0 unspecified atom stereocenters. The summed E-state index contributed by atoms with van der Waals surface area (Å²) < 4.78 is 5.27. The molecule has 7 heteroatoms. The van der Waals surface area contributed by atoms with Gasteiger partial charge in [-0.15, -0.1) is 11.3 Å². The molecule has 0 fully saturated rings. The van der Waals surface area contributed by atoms with Gasteiger partial charge in [0, 0.05) is 18.0 Å². The zero-order valence-electron chi connectivity index (χ0n) is 15.0. The van der Waals surface area contributed by atoms with E-state index in [4.69, 9.17) is 9.72 Å². The van der Waals surface area contributed by atoms with Gasteiger partial charge in [-0.05, 0) is 44.7 Å². The van der Waals surface area contributed by atoms with Crippen molar-refractivity contribution in [2.45, 2.75) is 52.2 Å². The van der Waals surface area contributed by atoms with Gasteiger partial charge in [0.1, 0.15) is 10.7 Å². The first-order chi connectivity index (χ1) is 12.1. The number of aromatic amines is 1. The smallest absolute Gasteiger partial charge is 0.259 e. The minimum atomic E-state index is -0.538. The number of thiophene rings is 1. The van der Waals surface area contributed by atoms with Crippen molar-refractivity contribution in [2.75, 3.05) is 26.3 Å². The summed E-state index contributed by atoms with van der Waals surface area (Å²) in [6.45, 7) is 6.66. The molecular formula is C18H27N3O3S. The minimum Gasteiger partial charge on any atom is -0.389 e. The summed E-state index contributed by atoms with van der Waals surface area (Å²) in [5.74, 6) is 0.668. The second kappa shape index (κ2) is 8.40. The van der Waals surface area contributed by atoms with Crippen molar-refractivity contribution in [2.24, 2.45) is 0 Å². The molecule has 0 aromatic carbocycles. The van der Waals surface area contributed by atoms with Crippen molar-refractivity contribution in [3.05, 3.63) is 26.6 Å². The van der Waals surface area contributed by atoms with Crippen molar-refractivity contribution in [1.29, 1.82) is 0 Å². The Morgan fingerprint density at radius 2 is 2.16 bits per heavy atom. The lowest BCUT2D eigenvalue weighted by atomic mass is 9.97. The number of aromatic nitrogens is 2. The molecule has 2 aromatic heterocycles. The fourth-order valence-corrected chi connectivity index (χ4v) is 4.69. The Balaban J connectivity index is 1.78. The number of rotatable bonds is 8. The highest BCUT2D eigenvalue weighted by Gasteiger charge is 2.20. The molecule has 0 radical (unpaired) electrons. The number of nitrogens with zero attached hydrogens (tertiary/aromatic N) is 2. The molecule has 6 nitrogen and oxygen atoms in total. The molecule has 2 N–H and O–H groups in total. The van der Waals surface area contributed by atoms with Crippen LogP contribution in [0.5, 0.6) is 0 Å². The monoisotopic (exact) mass is 365 g/mol. The molecule has 0 saturated heterocycles.